The summed E-state index contributed by atoms with van der Waals surface area (Å²) in [6, 6.07) is 5.66. The highest BCUT2D eigenvalue weighted by atomic mass is 35.5. The molecule has 1 aromatic rings. The highest BCUT2D eigenvalue weighted by Gasteiger charge is 2.20. The number of benzene rings is 1. The zero-order valence-electron chi connectivity index (χ0n) is 9.66. The van der Waals surface area contributed by atoms with Gasteiger partial charge in [0.1, 0.15) is 0 Å². The molecule has 17 heavy (non-hydrogen) atoms. The maximum Gasteiger partial charge on any atom is 0.0495 e. The molecule has 0 amide bonds. The molecule has 1 heterocycles. The Labute approximate surface area is 112 Å². The third-order valence-electron chi connectivity index (χ3n) is 3.19. The molecule has 94 valence electrons. The summed E-state index contributed by atoms with van der Waals surface area (Å²) in [6.45, 7) is 1.70. The average Bonchev–Trinajstić information content (AvgIpc) is 2.76. The highest BCUT2D eigenvalue weighted by molar-refractivity contribution is 6.35. The maximum atomic E-state index is 6.15. The van der Waals surface area contributed by atoms with E-state index < -0.39 is 0 Å². The van der Waals surface area contributed by atoms with Crippen LogP contribution in [0.15, 0.2) is 18.2 Å². The predicted molar refractivity (Wildman–Crippen MR) is 71.7 cm³/mol. The molecule has 0 bridgehead atoms. The van der Waals surface area contributed by atoms with Crippen molar-refractivity contribution in [3.8, 4) is 0 Å². The lowest BCUT2D eigenvalue weighted by Gasteiger charge is -2.16. The largest absolute Gasteiger partial charge is 0.381 e. The lowest BCUT2D eigenvalue weighted by Crippen LogP contribution is -2.26. The quantitative estimate of drug-likeness (QED) is 0.914. The molecule has 0 spiro atoms. The summed E-state index contributed by atoms with van der Waals surface area (Å²) in [5, 5.41) is 1.41. The van der Waals surface area contributed by atoms with Gasteiger partial charge in [0.25, 0.3) is 0 Å². The van der Waals surface area contributed by atoms with E-state index in [0.717, 1.165) is 38.0 Å². The van der Waals surface area contributed by atoms with E-state index in [1.54, 1.807) is 0 Å². The summed E-state index contributed by atoms with van der Waals surface area (Å²) >= 11 is 12.3. The summed E-state index contributed by atoms with van der Waals surface area (Å²) in [5.41, 5.74) is 7.11. The van der Waals surface area contributed by atoms with Gasteiger partial charge in [-0.05, 0) is 42.9 Å². The molecule has 2 atom stereocenters. The Kier molecular flexibility index (Phi) is 4.69. The van der Waals surface area contributed by atoms with E-state index in [0.29, 0.717) is 16.0 Å². The monoisotopic (exact) mass is 273 g/mol. The molecular formula is C13H17Cl2NO. The minimum absolute atomic E-state index is 0.0964. The smallest absolute Gasteiger partial charge is 0.0495 e. The van der Waals surface area contributed by atoms with Gasteiger partial charge in [0, 0.05) is 29.3 Å². The van der Waals surface area contributed by atoms with Crippen molar-refractivity contribution in [3.63, 3.8) is 0 Å². The fourth-order valence-corrected chi connectivity index (χ4v) is 2.82. The Morgan fingerprint density at radius 3 is 2.65 bits per heavy atom. The van der Waals surface area contributed by atoms with Gasteiger partial charge in [-0.2, -0.15) is 0 Å². The Morgan fingerprint density at radius 2 is 2.06 bits per heavy atom. The molecule has 0 radical (unpaired) electrons. The first-order valence-electron chi connectivity index (χ1n) is 5.93. The molecule has 2 unspecified atom stereocenters. The van der Waals surface area contributed by atoms with Crippen molar-refractivity contribution >= 4 is 23.2 Å². The Bertz CT molecular complexity index is 357. The zero-order chi connectivity index (χ0) is 12.3. The van der Waals surface area contributed by atoms with Gasteiger partial charge in [-0.15, -0.1) is 0 Å². The zero-order valence-corrected chi connectivity index (χ0v) is 11.2. The standard InChI is InChI=1S/C13H17Cl2NO/c14-12-2-1-3-13(15)11(12)7-10(16)6-9-4-5-17-8-9/h1-3,9-10H,4-8,16H2. The molecule has 1 aromatic carbocycles. The molecule has 2 N–H and O–H groups in total. The van der Waals surface area contributed by atoms with E-state index in [1.165, 1.54) is 0 Å². The lowest BCUT2D eigenvalue weighted by atomic mass is 9.95. The van der Waals surface area contributed by atoms with Gasteiger partial charge in [-0.25, -0.2) is 0 Å². The van der Waals surface area contributed by atoms with Crippen LogP contribution in [0.25, 0.3) is 0 Å². The summed E-state index contributed by atoms with van der Waals surface area (Å²) in [4.78, 5) is 0. The van der Waals surface area contributed by atoms with Crippen molar-refractivity contribution in [3.05, 3.63) is 33.8 Å². The van der Waals surface area contributed by atoms with E-state index >= 15 is 0 Å². The van der Waals surface area contributed by atoms with Crippen molar-refractivity contribution in [2.24, 2.45) is 11.7 Å². The second kappa shape index (κ2) is 6.05. The van der Waals surface area contributed by atoms with Crippen molar-refractivity contribution in [1.82, 2.24) is 0 Å². The SMILES string of the molecule is NC(Cc1c(Cl)cccc1Cl)CC1CCOC1. The lowest BCUT2D eigenvalue weighted by molar-refractivity contribution is 0.182. The van der Waals surface area contributed by atoms with Crippen LogP contribution in [0.2, 0.25) is 10.0 Å². The van der Waals surface area contributed by atoms with E-state index in [2.05, 4.69) is 0 Å². The Hall–Kier alpha value is -0.280. The number of ether oxygens (including phenoxy) is 1. The van der Waals surface area contributed by atoms with Gasteiger partial charge < -0.3 is 10.5 Å². The molecule has 0 aliphatic carbocycles. The molecule has 1 aliphatic heterocycles. The van der Waals surface area contributed by atoms with Gasteiger partial charge in [0.15, 0.2) is 0 Å². The second-order valence-corrected chi connectivity index (χ2v) is 5.44. The molecule has 0 aromatic heterocycles. The van der Waals surface area contributed by atoms with Crippen molar-refractivity contribution in [2.45, 2.75) is 25.3 Å². The fourth-order valence-electron chi connectivity index (χ4n) is 2.27. The topological polar surface area (TPSA) is 35.2 Å². The second-order valence-electron chi connectivity index (χ2n) is 4.63. The maximum absolute atomic E-state index is 6.15. The highest BCUT2D eigenvalue weighted by Crippen LogP contribution is 2.27. The van der Waals surface area contributed by atoms with Crippen LogP contribution in [-0.4, -0.2) is 19.3 Å². The Morgan fingerprint density at radius 1 is 1.35 bits per heavy atom. The minimum Gasteiger partial charge on any atom is -0.381 e. The molecule has 0 saturated carbocycles. The molecule has 1 aliphatic rings. The molecule has 2 rings (SSSR count). The van der Waals surface area contributed by atoms with Crippen molar-refractivity contribution < 1.29 is 4.74 Å². The van der Waals surface area contributed by atoms with Gasteiger partial charge in [-0.3, -0.25) is 0 Å². The van der Waals surface area contributed by atoms with Crippen LogP contribution >= 0.6 is 23.2 Å². The predicted octanol–water partition coefficient (Wildman–Crippen LogP) is 3.29. The minimum atomic E-state index is 0.0964. The van der Waals surface area contributed by atoms with E-state index in [1.807, 2.05) is 18.2 Å². The molecule has 2 nitrogen and oxygen atoms in total. The molecule has 4 heteroatoms. The van der Waals surface area contributed by atoms with E-state index in [4.69, 9.17) is 33.7 Å². The number of rotatable bonds is 4. The van der Waals surface area contributed by atoms with E-state index in [-0.39, 0.29) is 6.04 Å². The third-order valence-corrected chi connectivity index (χ3v) is 3.90. The van der Waals surface area contributed by atoms with Crippen LogP contribution in [0.1, 0.15) is 18.4 Å². The average molecular weight is 274 g/mol. The first-order chi connectivity index (χ1) is 8.16. The van der Waals surface area contributed by atoms with Crippen LogP contribution in [0, 0.1) is 5.92 Å². The van der Waals surface area contributed by atoms with Crippen LogP contribution < -0.4 is 5.73 Å². The van der Waals surface area contributed by atoms with Crippen LogP contribution in [0.4, 0.5) is 0 Å². The van der Waals surface area contributed by atoms with Gasteiger partial charge >= 0.3 is 0 Å². The van der Waals surface area contributed by atoms with Gasteiger partial charge in [0.05, 0.1) is 0 Å². The van der Waals surface area contributed by atoms with Crippen LogP contribution in [0.3, 0.4) is 0 Å². The normalized spacial score (nSPS) is 21.7. The van der Waals surface area contributed by atoms with Gasteiger partial charge in [0.2, 0.25) is 0 Å². The summed E-state index contributed by atoms with van der Waals surface area (Å²) in [5.74, 6) is 0.589. The number of nitrogens with two attached hydrogens (primary N) is 1. The van der Waals surface area contributed by atoms with Crippen molar-refractivity contribution in [1.29, 1.82) is 0 Å². The number of hydrogen-bond donors (Lipinski definition) is 1. The number of hydrogen-bond acceptors (Lipinski definition) is 2. The summed E-state index contributed by atoms with van der Waals surface area (Å²) in [6.07, 6.45) is 2.82. The Balaban J connectivity index is 1.95. The number of halogens is 2. The summed E-state index contributed by atoms with van der Waals surface area (Å²) < 4.78 is 5.35. The molecule has 1 fully saturated rings. The van der Waals surface area contributed by atoms with Crippen molar-refractivity contribution in [2.75, 3.05) is 13.2 Å². The first-order valence-corrected chi connectivity index (χ1v) is 6.68. The van der Waals surface area contributed by atoms with Gasteiger partial charge in [-0.1, -0.05) is 29.3 Å². The molecular weight excluding hydrogens is 257 g/mol. The van der Waals surface area contributed by atoms with Crippen LogP contribution in [-0.2, 0) is 11.2 Å². The van der Waals surface area contributed by atoms with Crippen LogP contribution in [0.5, 0.6) is 0 Å². The molecule has 1 saturated heterocycles. The van der Waals surface area contributed by atoms with E-state index in [9.17, 15) is 0 Å². The fraction of sp³-hybridized carbons (Fsp3) is 0.538. The first kappa shape index (κ1) is 13.2. The third kappa shape index (κ3) is 3.59. The summed E-state index contributed by atoms with van der Waals surface area (Å²) in [7, 11) is 0.